The lowest BCUT2D eigenvalue weighted by Gasteiger charge is -2.16. The largest absolute Gasteiger partial charge is 0.368 e. The van der Waals surface area contributed by atoms with Gasteiger partial charge in [-0.25, -0.2) is 0 Å². The second-order valence-corrected chi connectivity index (χ2v) is 5.36. The standard InChI is InChI=1S/C10H22N2O2S/c1-14-9(13)5-3-2-4-8-10(12)7(11)6-15-8/h7-10,13H,2-6,11-12H2,1H3/t7-,8-,9?,10-/m0/s1. The Bertz CT molecular complexity index is 183. The molecule has 0 aromatic heterocycles. The minimum atomic E-state index is -0.614. The Hall–Kier alpha value is 0.190. The Morgan fingerprint density at radius 3 is 2.73 bits per heavy atom. The van der Waals surface area contributed by atoms with Gasteiger partial charge in [0.2, 0.25) is 0 Å². The van der Waals surface area contributed by atoms with Crippen LogP contribution in [0.4, 0.5) is 0 Å². The van der Waals surface area contributed by atoms with Crippen LogP contribution < -0.4 is 11.5 Å². The molecule has 90 valence electrons. The van der Waals surface area contributed by atoms with Crippen molar-refractivity contribution in [2.24, 2.45) is 11.5 Å². The normalized spacial score (nSPS) is 33.2. The molecule has 0 amide bonds. The molecule has 1 aliphatic rings. The van der Waals surface area contributed by atoms with E-state index in [4.69, 9.17) is 16.2 Å². The molecule has 0 spiro atoms. The molecule has 0 saturated carbocycles. The number of aliphatic hydroxyl groups is 1. The van der Waals surface area contributed by atoms with Crippen LogP contribution in [0.2, 0.25) is 0 Å². The summed E-state index contributed by atoms with van der Waals surface area (Å²) in [7, 11) is 1.52. The van der Waals surface area contributed by atoms with Crippen LogP contribution in [0, 0.1) is 0 Å². The zero-order chi connectivity index (χ0) is 11.3. The summed E-state index contributed by atoms with van der Waals surface area (Å²) < 4.78 is 4.77. The molecule has 1 fully saturated rings. The number of unbranched alkanes of at least 4 members (excludes halogenated alkanes) is 1. The molecule has 1 rings (SSSR count). The van der Waals surface area contributed by atoms with Gasteiger partial charge in [-0.1, -0.05) is 6.42 Å². The van der Waals surface area contributed by atoms with Gasteiger partial charge in [-0.05, 0) is 19.3 Å². The second kappa shape index (κ2) is 6.70. The lowest BCUT2D eigenvalue weighted by molar-refractivity contribution is -0.0793. The van der Waals surface area contributed by atoms with Crippen LogP contribution in [0.1, 0.15) is 25.7 Å². The maximum Gasteiger partial charge on any atom is 0.154 e. The Morgan fingerprint density at radius 1 is 1.47 bits per heavy atom. The monoisotopic (exact) mass is 234 g/mol. The number of rotatable bonds is 6. The van der Waals surface area contributed by atoms with E-state index in [1.165, 1.54) is 7.11 Å². The summed E-state index contributed by atoms with van der Waals surface area (Å²) in [5, 5.41) is 9.67. The van der Waals surface area contributed by atoms with Gasteiger partial charge in [0.05, 0.1) is 0 Å². The molecular weight excluding hydrogens is 212 g/mol. The van der Waals surface area contributed by atoms with Gasteiger partial charge in [0.1, 0.15) is 0 Å². The molecule has 15 heavy (non-hydrogen) atoms. The first-order chi connectivity index (χ1) is 7.15. The summed E-state index contributed by atoms with van der Waals surface area (Å²) in [6.45, 7) is 0. The zero-order valence-electron chi connectivity index (χ0n) is 9.26. The number of nitrogens with two attached hydrogens (primary N) is 2. The minimum Gasteiger partial charge on any atom is -0.368 e. The summed E-state index contributed by atoms with van der Waals surface area (Å²) >= 11 is 1.88. The van der Waals surface area contributed by atoms with E-state index >= 15 is 0 Å². The van der Waals surface area contributed by atoms with Crippen LogP contribution >= 0.6 is 11.8 Å². The van der Waals surface area contributed by atoms with Crippen LogP contribution in [-0.4, -0.2) is 41.6 Å². The fourth-order valence-corrected chi connectivity index (χ4v) is 3.24. The predicted octanol–water partition coefficient (Wildman–Crippen LogP) is 0.282. The minimum absolute atomic E-state index is 0.141. The fourth-order valence-electron chi connectivity index (χ4n) is 1.79. The van der Waals surface area contributed by atoms with Gasteiger partial charge in [0.15, 0.2) is 6.29 Å². The third kappa shape index (κ3) is 4.28. The van der Waals surface area contributed by atoms with Crippen molar-refractivity contribution < 1.29 is 9.84 Å². The van der Waals surface area contributed by atoms with Crippen molar-refractivity contribution in [1.82, 2.24) is 0 Å². The Kier molecular flexibility index (Phi) is 5.92. The quantitative estimate of drug-likeness (QED) is 0.454. The molecule has 5 heteroatoms. The molecule has 1 aliphatic heterocycles. The van der Waals surface area contributed by atoms with Gasteiger partial charge in [0.25, 0.3) is 0 Å². The maximum absolute atomic E-state index is 9.17. The van der Waals surface area contributed by atoms with Crippen molar-refractivity contribution >= 4 is 11.8 Å². The van der Waals surface area contributed by atoms with Crippen molar-refractivity contribution in [3.05, 3.63) is 0 Å². The van der Waals surface area contributed by atoms with Crippen LogP contribution in [0.3, 0.4) is 0 Å². The smallest absolute Gasteiger partial charge is 0.154 e. The van der Waals surface area contributed by atoms with E-state index in [1.54, 1.807) is 0 Å². The lowest BCUT2D eigenvalue weighted by atomic mass is 10.0. The first-order valence-electron chi connectivity index (χ1n) is 5.48. The topological polar surface area (TPSA) is 81.5 Å². The van der Waals surface area contributed by atoms with E-state index in [1.807, 2.05) is 11.8 Å². The number of ether oxygens (including phenoxy) is 1. The SMILES string of the molecule is COC(O)CCCC[C@@H]1SC[C@H](N)[C@@H]1N. The maximum atomic E-state index is 9.17. The highest BCUT2D eigenvalue weighted by Gasteiger charge is 2.30. The zero-order valence-corrected chi connectivity index (χ0v) is 10.1. The summed E-state index contributed by atoms with van der Waals surface area (Å²) in [6, 6.07) is 0.298. The molecule has 0 aliphatic carbocycles. The van der Waals surface area contributed by atoms with Gasteiger partial charge >= 0.3 is 0 Å². The Morgan fingerprint density at radius 2 is 2.20 bits per heavy atom. The molecule has 1 unspecified atom stereocenters. The first kappa shape index (κ1) is 13.3. The van der Waals surface area contributed by atoms with E-state index in [-0.39, 0.29) is 12.1 Å². The highest BCUT2D eigenvalue weighted by molar-refractivity contribution is 8.00. The second-order valence-electron chi connectivity index (χ2n) is 4.09. The lowest BCUT2D eigenvalue weighted by Crippen LogP contribution is -2.43. The van der Waals surface area contributed by atoms with Crippen molar-refractivity contribution in [3.8, 4) is 0 Å². The van der Waals surface area contributed by atoms with Crippen LogP contribution in [0.5, 0.6) is 0 Å². The molecule has 5 N–H and O–H groups in total. The summed E-state index contributed by atoms with van der Waals surface area (Å²) in [5.41, 5.74) is 11.8. The molecule has 4 atom stereocenters. The number of hydrogen-bond acceptors (Lipinski definition) is 5. The first-order valence-corrected chi connectivity index (χ1v) is 6.53. The van der Waals surface area contributed by atoms with E-state index < -0.39 is 6.29 Å². The van der Waals surface area contributed by atoms with Gasteiger partial charge in [0, 0.05) is 30.2 Å². The van der Waals surface area contributed by atoms with E-state index in [0.717, 1.165) is 25.0 Å². The summed E-state index contributed by atoms with van der Waals surface area (Å²) in [4.78, 5) is 0. The highest BCUT2D eigenvalue weighted by atomic mass is 32.2. The van der Waals surface area contributed by atoms with E-state index in [9.17, 15) is 5.11 Å². The molecule has 4 nitrogen and oxygen atoms in total. The summed E-state index contributed by atoms with van der Waals surface area (Å²) in [5.74, 6) is 0.979. The molecular formula is C10H22N2O2S. The van der Waals surface area contributed by atoms with E-state index in [2.05, 4.69) is 0 Å². The van der Waals surface area contributed by atoms with E-state index in [0.29, 0.717) is 11.7 Å². The Balaban J connectivity index is 2.05. The fraction of sp³-hybridized carbons (Fsp3) is 1.00. The van der Waals surface area contributed by atoms with Crippen LogP contribution in [0.15, 0.2) is 0 Å². The van der Waals surface area contributed by atoms with Crippen molar-refractivity contribution in [1.29, 1.82) is 0 Å². The van der Waals surface area contributed by atoms with Crippen LogP contribution in [0.25, 0.3) is 0 Å². The number of hydrogen-bond donors (Lipinski definition) is 3. The average Bonchev–Trinajstić information content (AvgIpc) is 2.55. The molecule has 0 aromatic carbocycles. The van der Waals surface area contributed by atoms with Gasteiger partial charge in [-0.15, -0.1) is 0 Å². The van der Waals surface area contributed by atoms with Gasteiger partial charge in [-0.3, -0.25) is 0 Å². The molecule has 1 saturated heterocycles. The number of aliphatic hydroxyl groups excluding tert-OH is 1. The molecule has 0 bridgehead atoms. The predicted molar refractivity (Wildman–Crippen MR) is 63.7 cm³/mol. The summed E-state index contributed by atoms with van der Waals surface area (Å²) in [6.07, 6.45) is 3.25. The van der Waals surface area contributed by atoms with Crippen molar-refractivity contribution in [2.45, 2.75) is 49.3 Å². The average molecular weight is 234 g/mol. The highest BCUT2D eigenvalue weighted by Crippen LogP contribution is 2.29. The molecule has 1 heterocycles. The van der Waals surface area contributed by atoms with Crippen molar-refractivity contribution in [3.63, 3.8) is 0 Å². The van der Waals surface area contributed by atoms with Gasteiger partial charge < -0.3 is 21.3 Å². The number of thioether (sulfide) groups is 1. The molecule has 0 radical (unpaired) electrons. The molecule has 0 aromatic rings. The third-order valence-corrected chi connectivity index (χ3v) is 4.44. The van der Waals surface area contributed by atoms with Crippen molar-refractivity contribution in [2.75, 3.05) is 12.9 Å². The van der Waals surface area contributed by atoms with Gasteiger partial charge in [-0.2, -0.15) is 11.8 Å². The third-order valence-electron chi connectivity index (χ3n) is 2.89. The Labute approximate surface area is 95.7 Å². The van der Waals surface area contributed by atoms with Crippen LogP contribution in [-0.2, 0) is 4.74 Å². The number of methoxy groups -OCH3 is 1.